The van der Waals surface area contributed by atoms with Gasteiger partial charge >= 0.3 is 0 Å². The van der Waals surface area contributed by atoms with Gasteiger partial charge in [-0.25, -0.2) is 9.97 Å². The fraction of sp³-hybridized carbons (Fsp3) is 0.556. The van der Waals surface area contributed by atoms with Crippen molar-refractivity contribution in [2.75, 3.05) is 24.6 Å². The quantitative estimate of drug-likeness (QED) is 0.780. The van der Waals surface area contributed by atoms with E-state index in [0.717, 1.165) is 54.9 Å². The first kappa shape index (κ1) is 16.7. The SMILES string of the molecule is Brc1cnc(N2CCC(COc3cc4c(nn3)CCCC4)CC2)nc1. The fourth-order valence-corrected chi connectivity index (χ4v) is 3.72. The summed E-state index contributed by atoms with van der Waals surface area (Å²) < 4.78 is 6.85. The van der Waals surface area contributed by atoms with E-state index in [1.807, 2.05) is 0 Å². The molecule has 0 spiro atoms. The predicted octanol–water partition coefficient (Wildman–Crippen LogP) is 3.20. The summed E-state index contributed by atoms with van der Waals surface area (Å²) in [4.78, 5) is 11.0. The first-order valence-corrected chi connectivity index (χ1v) is 9.78. The highest BCUT2D eigenvalue weighted by Gasteiger charge is 2.22. The summed E-state index contributed by atoms with van der Waals surface area (Å²) in [6, 6.07) is 2.09. The van der Waals surface area contributed by atoms with Gasteiger partial charge in [-0.2, -0.15) is 5.10 Å². The van der Waals surface area contributed by atoms with E-state index < -0.39 is 0 Å². The van der Waals surface area contributed by atoms with Gasteiger partial charge in [0.15, 0.2) is 0 Å². The molecule has 1 saturated heterocycles. The van der Waals surface area contributed by atoms with Crippen LogP contribution < -0.4 is 9.64 Å². The Labute approximate surface area is 156 Å². The molecule has 7 heteroatoms. The molecule has 0 aromatic carbocycles. The van der Waals surface area contributed by atoms with E-state index in [2.05, 4.69) is 47.1 Å². The van der Waals surface area contributed by atoms with E-state index in [0.29, 0.717) is 18.4 Å². The molecule has 4 rings (SSSR count). The molecule has 0 radical (unpaired) electrons. The standard InChI is InChI=1S/C18H22BrN5O/c19-15-10-20-18(21-11-15)24-7-5-13(6-8-24)12-25-17-9-14-3-1-2-4-16(14)22-23-17/h9-11,13H,1-8,12H2. The number of nitrogens with zero attached hydrogens (tertiary/aromatic N) is 5. The molecule has 0 unspecified atom stereocenters. The number of anilines is 1. The summed E-state index contributed by atoms with van der Waals surface area (Å²) in [7, 11) is 0. The Morgan fingerprint density at radius 3 is 2.64 bits per heavy atom. The zero-order valence-electron chi connectivity index (χ0n) is 14.2. The molecule has 0 N–H and O–H groups in total. The normalized spacial score (nSPS) is 18.0. The zero-order chi connectivity index (χ0) is 17.1. The van der Waals surface area contributed by atoms with Crippen LogP contribution in [-0.2, 0) is 12.8 Å². The molecule has 0 amide bonds. The third-order valence-electron chi connectivity index (χ3n) is 5.02. The first-order chi connectivity index (χ1) is 12.3. The van der Waals surface area contributed by atoms with Gasteiger partial charge in [-0.1, -0.05) is 0 Å². The number of halogens is 1. The molecular weight excluding hydrogens is 382 g/mol. The molecule has 6 nitrogen and oxygen atoms in total. The number of ether oxygens (including phenoxy) is 1. The Morgan fingerprint density at radius 1 is 1.08 bits per heavy atom. The van der Waals surface area contributed by atoms with E-state index >= 15 is 0 Å². The summed E-state index contributed by atoms with van der Waals surface area (Å²) >= 11 is 3.37. The maximum atomic E-state index is 5.94. The van der Waals surface area contributed by atoms with Crippen LogP contribution in [0.3, 0.4) is 0 Å². The van der Waals surface area contributed by atoms with Crippen LogP contribution in [0.25, 0.3) is 0 Å². The smallest absolute Gasteiger partial charge is 0.233 e. The molecule has 25 heavy (non-hydrogen) atoms. The maximum Gasteiger partial charge on any atom is 0.233 e. The van der Waals surface area contributed by atoms with Gasteiger partial charge in [0.05, 0.1) is 16.8 Å². The van der Waals surface area contributed by atoms with Crippen LogP contribution in [0.4, 0.5) is 5.95 Å². The van der Waals surface area contributed by atoms with Gasteiger partial charge in [0, 0.05) is 31.5 Å². The summed E-state index contributed by atoms with van der Waals surface area (Å²) in [6.07, 6.45) is 10.4. The maximum absolute atomic E-state index is 5.94. The Kier molecular flexibility index (Phi) is 5.10. The average Bonchev–Trinajstić information content (AvgIpc) is 2.67. The van der Waals surface area contributed by atoms with Crippen molar-refractivity contribution in [1.29, 1.82) is 0 Å². The van der Waals surface area contributed by atoms with Crippen LogP contribution in [0.5, 0.6) is 5.88 Å². The fourth-order valence-electron chi connectivity index (χ4n) is 3.51. The average molecular weight is 404 g/mol. The number of aryl methyl sites for hydroxylation is 2. The highest BCUT2D eigenvalue weighted by atomic mass is 79.9. The minimum Gasteiger partial charge on any atom is -0.476 e. The largest absolute Gasteiger partial charge is 0.476 e. The molecule has 3 heterocycles. The van der Waals surface area contributed by atoms with Crippen LogP contribution in [0.2, 0.25) is 0 Å². The lowest BCUT2D eigenvalue weighted by molar-refractivity contribution is 0.213. The van der Waals surface area contributed by atoms with Crippen molar-refractivity contribution in [3.05, 3.63) is 34.2 Å². The van der Waals surface area contributed by atoms with Gasteiger partial charge in [0.1, 0.15) is 0 Å². The Balaban J connectivity index is 1.28. The van der Waals surface area contributed by atoms with Crippen molar-refractivity contribution in [3.63, 3.8) is 0 Å². The van der Waals surface area contributed by atoms with Crippen molar-refractivity contribution in [3.8, 4) is 5.88 Å². The molecule has 2 aromatic rings. The molecule has 1 aliphatic heterocycles. The van der Waals surface area contributed by atoms with Crippen LogP contribution in [0.15, 0.2) is 22.9 Å². The van der Waals surface area contributed by atoms with Crippen LogP contribution in [0.1, 0.15) is 36.9 Å². The topological polar surface area (TPSA) is 64.0 Å². The third kappa shape index (κ3) is 4.08. The minimum atomic E-state index is 0.546. The lowest BCUT2D eigenvalue weighted by Crippen LogP contribution is -2.36. The van der Waals surface area contributed by atoms with Crippen molar-refractivity contribution in [1.82, 2.24) is 20.2 Å². The highest BCUT2D eigenvalue weighted by molar-refractivity contribution is 9.10. The number of piperidine rings is 1. The number of hydrogen-bond donors (Lipinski definition) is 0. The monoisotopic (exact) mass is 403 g/mol. The predicted molar refractivity (Wildman–Crippen MR) is 98.8 cm³/mol. The Morgan fingerprint density at radius 2 is 1.84 bits per heavy atom. The summed E-state index contributed by atoms with van der Waals surface area (Å²) in [5.74, 6) is 2.03. The minimum absolute atomic E-state index is 0.546. The first-order valence-electron chi connectivity index (χ1n) is 8.99. The molecule has 1 fully saturated rings. The summed E-state index contributed by atoms with van der Waals surface area (Å²) in [5.41, 5.74) is 2.47. The zero-order valence-corrected chi connectivity index (χ0v) is 15.8. The third-order valence-corrected chi connectivity index (χ3v) is 5.43. The second-order valence-corrected chi connectivity index (χ2v) is 7.72. The summed E-state index contributed by atoms with van der Waals surface area (Å²) in [5, 5.41) is 8.58. The van der Waals surface area contributed by atoms with E-state index in [-0.39, 0.29) is 0 Å². The van der Waals surface area contributed by atoms with Gasteiger partial charge < -0.3 is 9.64 Å². The van der Waals surface area contributed by atoms with E-state index in [4.69, 9.17) is 4.74 Å². The van der Waals surface area contributed by atoms with Gasteiger partial charge in [0.25, 0.3) is 0 Å². The van der Waals surface area contributed by atoms with Crippen LogP contribution >= 0.6 is 15.9 Å². The second-order valence-electron chi connectivity index (χ2n) is 6.80. The van der Waals surface area contributed by atoms with E-state index in [1.165, 1.54) is 18.4 Å². The van der Waals surface area contributed by atoms with Crippen LogP contribution in [0, 0.1) is 5.92 Å². The lowest BCUT2D eigenvalue weighted by atomic mass is 9.97. The van der Waals surface area contributed by atoms with Gasteiger partial charge in [-0.15, -0.1) is 5.10 Å². The second kappa shape index (κ2) is 7.64. The highest BCUT2D eigenvalue weighted by Crippen LogP contribution is 2.24. The molecule has 0 atom stereocenters. The number of rotatable bonds is 4. The van der Waals surface area contributed by atoms with Gasteiger partial charge in [0.2, 0.25) is 11.8 Å². The van der Waals surface area contributed by atoms with E-state index in [1.54, 1.807) is 12.4 Å². The molecule has 0 bridgehead atoms. The lowest BCUT2D eigenvalue weighted by Gasteiger charge is -2.31. The van der Waals surface area contributed by atoms with E-state index in [9.17, 15) is 0 Å². The number of hydrogen-bond acceptors (Lipinski definition) is 6. The molecule has 0 saturated carbocycles. The molecule has 2 aliphatic rings. The molecule has 1 aliphatic carbocycles. The Bertz CT molecular complexity index is 716. The van der Waals surface area contributed by atoms with Gasteiger partial charge in [-0.3, -0.25) is 0 Å². The van der Waals surface area contributed by atoms with Crippen molar-refractivity contribution < 1.29 is 4.74 Å². The summed E-state index contributed by atoms with van der Waals surface area (Å²) in [6.45, 7) is 2.64. The van der Waals surface area contributed by atoms with Gasteiger partial charge in [-0.05, 0) is 65.9 Å². The molecule has 132 valence electrons. The number of fused-ring (bicyclic) bond motifs is 1. The van der Waals surface area contributed by atoms with Crippen molar-refractivity contribution in [2.45, 2.75) is 38.5 Å². The Hall–Kier alpha value is -1.76. The van der Waals surface area contributed by atoms with Crippen molar-refractivity contribution in [2.24, 2.45) is 5.92 Å². The number of aromatic nitrogens is 4. The van der Waals surface area contributed by atoms with Crippen LogP contribution in [-0.4, -0.2) is 39.9 Å². The molecular formula is C18H22BrN5O. The van der Waals surface area contributed by atoms with Crippen molar-refractivity contribution >= 4 is 21.9 Å². The molecule has 2 aromatic heterocycles.